The molecule has 0 N–H and O–H groups in total. The minimum atomic E-state index is 0.297. The number of rotatable bonds is 1. The van der Waals surface area contributed by atoms with Crippen LogP contribution in [0, 0.1) is 23.2 Å². The molecule has 0 spiro atoms. The molecular formula is C22H28N2O. The van der Waals surface area contributed by atoms with Gasteiger partial charge in [-0.2, -0.15) is 0 Å². The van der Waals surface area contributed by atoms with Gasteiger partial charge in [0.1, 0.15) is 0 Å². The van der Waals surface area contributed by atoms with Gasteiger partial charge in [-0.15, -0.1) is 0 Å². The molecule has 25 heavy (non-hydrogen) atoms. The lowest BCUT2D eigenvalue weighted by Gasteiger charge is -2.60. The highest BCUT2D eigenvalue weighted by Crippen LogP contribution is 2.61. The molecule has 132 valence electrons. The summed E-state index contributed by atoms with van der Waals surface area (Å²) in [5, 5.41) is 0. The zero-order chi connectivity index (χ0) is 16.8. The molecule has 6 aliphatic rings. The van der Waals surface area contributed by atoms with Crippen LogP contribution in [0.5, 0.6) is 0 Å². The van der Waals surface area contributed by atoms with E-state index in [0.29, 0.717) is 23.5 Å². The summed E-state index contributed by atoms with van der Waals surface area (Å²) in [6.45, 7) is 4.34. The molecule has 1 aromatic carbocycles. The molecule has 1 saturated heterocycles. The largest absolute Gasteiger partial charge is 0.320 e. The standard InChI is InChI=1S/C22H28N2O/c1-22-10-14-8-16(11-22)20(17(9-14)12-22)24-13-19-18-5-3-2-4-15(18)6-7-23(19)21(24)25/h2-5,14,16-17,19-20H,6-13H2,1H3/t14?,16-,17+,19?,20+,22-. The number of fused-ring (bicyclic) bond motifs is 3. The Labute approximate surface area is 150 Å². The van der Waals surface area contributed by atoms with Gasteiger partial charge >= 0.3 is 6.03 Å². The molecule has 2 unspecified atom stereocenters. The van der Waals surface area contributed by atoms with Gasteiger partial charge in [0.15, 0.2) is 0 Å². The lowest BCUT2D eigenvalue weighted by atomic mass is 9.48. The second-order valence-electron chi connectivity index (χ2n) is 9.86. The van der Waals surface area contributed by atoms with Gasteiger partial charge in [-0.05, 0) is 72.8 Å². The first kappa shape index (κ1) is 14.6. The van der Waals surface area contributed by atoms with E-state index < -0.39 is 0 Å². The number of carbonyl (C=O) groups excluding carboxylic acids is 1. The molecule has 0 aromatic heterocycles. The minimum Gasteiger partial charge on any atom is -0.319 e. The number of benzene rings is 1. The van der Waals surface area contributed by atoms with Gasteiger partial charge < -0.3 is 9.80 Å². The molecule has 0 radical (unpaired) electrons. The van der Waals surface area contributed by atoms with E-state index >= 15 is 0 Å². The van der Waals surface area contributed by atoms with E-state index in [1.165, 1.54) is 43.2 Å². The van der Waals surface area contributed by atoms with E-state index in [9.17, 15) is 4.79 Å². The van der Waals surface area contributed by atoms with Crippen LogP contribution in [-0.4, -0.2) is 35.0 Å². The van der Waals surface area contributed by atoms with Crippen molar-refractivity contribution in [3.05, 3.63) is 35.4 Å². The Balaban J connectivity index is 1.33. The Hall–Kier alpha value is -1.51. The Morgan fingerprint density at radius 1 is 1.04 bits per heavy atom. The molecule has 7 rings (SSSR count). The highest BCUT2D eigenvalue weighted by Gasteiger charge is 2.57. The minimum absolute atomic E-state index is 0.297. The third-order valence-electron chi connectivity index (χ3n) is 8.16. The molecule has 3 nitrogen and oxygen atoms in total. The van der Waals surface area contributed by atoms with E-state index in [4.69, 9.17) is 0 Å². The van der Waals surface area contributed by atoms with Crippen molar-refractivity contribution in [2.75, 3.05) is 13.1 Å². The van der Waals surface area contributed by atoms with Crippen molar-refractivity contribution in [3.8, 4) is 0 Å². The summed E-state index contributed by atoms with van der Waals surface area (Å²) in [6.07, 6.45) is 7.93. The van der Waals surface area contributed by atoms with Crippen molar-refractivity contribution in [1.82, 2.24) is 9.80 Å². The Bertz CT molecular complexity index is 727. The molecule has 4 bridgehead atoms. The molecule has 4 aliphatic carbocycles. The summed E-state index contributed by atoms with van der Waals surface area (Å²) in [5.74, 6) is 2.47. The summed E-state index contributed by atoms with van der Waals surface area (Å²) in [5.41, 5.74) is 3.44. The number of nitrogens with zero attached hydrogens (tertiary/aromatic N) is 2. The van der Waals surface area contributed by atoms with Crippen LogP contribution < -0.4 is 0 Å². The summed E-state index contributed by atoms with van der Waals surface area (Å²) in [6, 6.07) is 9.94. The second kappa shape index (κ2) is 4.81. The van der Waals surface area contributed by atoms with Crippen molar-refractivity contribution < 1.29 is 4.79 Å². The van der Waals surface area contributed by atoms with Gasteiger partial charge in [-0.25, -0.2) is 4.79 Å². The van der Waals surface area contributed by atoms with Crippen LogP contribution in [0.15, 0.2) is 24.3 Å². The Morgan fingerprint density at radius 2 is 1.80 bits per heavy atom. The molecule has 2 aliphatic heterocycles. The van der Waals surface area contributed by atoms with Crippen LogP contribution in [0.1, 0.15) is 56.2 Å². The first-order chi connectivity index (χ1) is 12.1. The Kier molecular flexibility index (Phi) is 2.81. The lowest BCUT2D eigenvalue weighted by molar-refractivity contribution is -0.0913. The van der Waals surface area contributed by atoms with Crippen molar-refractivity contribution >= 4 is 6.03 Å². The summed E-state index contributed by atoms with van der Waals surface area (Å²) < 4.78 is 0. The lowest BCUT2D eigenvalue weighted by Crippen LogP contribution is -2.59. The number of amides is 2. The smallest absolute Gasteiger partial charge is 0.319 e. The molecular weight excluding hydrogens is 308 g/mol. The van der Waals surface area contributed by atoms with E-state index in [1.54, 1.807) is 0 Å². The van der Waals surface area contributed by atoms with E-state index in [2.05, 4.69) is 41.0 Å². The number of hydrogen-bond acceptors (Lipinski definition) is 1. The normalized spacial score (nSPS) is 44.2. The average molecular weight is 336 g/mol. The van der Waals surface area contributed by atoms with Gasteiger partial charge in [0.05, 0.1) is 6.04 Å². The second-order valence-corrected chi connectivity index (χ2v) is 9.86. The van der Waals surface area contributed by atoms with Crippen LogP contribution in [-0.2, 0) is 6.42 Å². The van der Waals surface area contributed by atoms with Crippen LogP contribution in [0.3, 0.4) is 0 Å². The van der Waals surface area contributed by atoms with Crippen molar-refractivity contribution in [1.29, 1.82) is 0 Å². The molecule has 5 fully saturated rings. The van der Waals surface area contributed by atoms with Crippen molar-refractivity contribution in [3.63, 3.8) is 0 Å². The maximum Gasteiger partial charge on any atom is 0.320 e. The van der Waals surface area contributed by atoms with Gasteiger partial charge in [0.2, 0.25) is 0 Å². The maximum absolute atomic E-state index is 13.3. The van der Waals surface area contributed by atoms with Gasteiger partial charge in [-0.1, -0.05) is 31.2 Å². The molecule has 6 atom stereocenters. The molecule has 2 amide bonds. The average Bonchev–Trinajstić information content (AvgIpc) is 2.90. The van der Waals surface area contributed by atoms with Crippen LogP contribution >= 0.6 is 0 Å². The van der Waals surface area contributed by atoms with Crippen LogP contribution in [0.2, 0.25) is 0 Å². The van der Waals surface area contributed by atoms with E-state index in [-0.39, 0.29) is 0 Å². The molecule has 4 saturated carbocycles. The first-order valence-corrected chi connectivity index (χ1v) is 10.3. The zero-order valence-electron chi connectivity index (χ0n) is 15.2. The van der Waals surface area contributed by atoms with E-state index in [0.717, 1.165) is 37.3 Å². The van der Waals surface area contributed by atoms with Gasteiger partial charge in [0.25, 0.3) is 0 Å². The SMILES string of the molecule is C[C@@]12CC3C[C@H](C1)[C@H](N1CC4c5ccccc5CCN4C1=O)[C@@H](C3)C2. The van der Waals surface area contributed by atoms with Gasteiger partial charge in [0, 0.05) is 19.1 Å². The molecule has 3 heteroatoms. The summed E-state index contributed by atoms with van der Waals surface area (Å²) in [4.78, 5) is 17.8. The number of hydrogen-bond donors (Lipinski definition) is 0. The number of urea groups is 1. The van der Waals surface area contributed by atoms with Crippen LogP contribution in [0.4, 0.5) is 4.79 Å². The topological polar surface area (TPSA) is 23.6 Å². The van der Waals surface area contributed by atoms with Crippen molar-refractivity contribution in [2.24, 2.45) is 23.2 Å². The fourth-order valence-corrected chi connectivity index (χ4v) is 7.67. The predicted octanol–water partition coefficient (Wildman–Crippen LogP) is 4.24. The third kappa shape index (κ3) is 1.96. The van der Waals surface area contributed by atoms with Crippen LogP contribution in [0.25, 0.3) is 0 Å². The third-order valence-corrected chi connectivity index (χ3v) is 8.16. The monoisotopic (exact) mass is 336 g/mol. The van der Waals surface area contributed by atoms with Crippen molar-refractivity contribution in [2.45, 2.75) is 57.5 Å². The fourth-order valence-electron chi connectivity index (χ4n) is 7.67. The quantitative estimate of drug-likeness (QED) is 0.752. The predicted molar refractivity (Wildman–Crippen MR) is 97.1 cm³/mol. The van der Waals surface area contributed by atoms with Gasteiger partial charge in [-0.3, -0.25) is 0 Å². The summed E-state index contributed by atoms with van der Waals surface area (Å²) in [7, 11) is 0. The maximum atomic E-state index is 13.3. The van der Waals surface area contributed by atoms with E-state index in [1.807, 2.05) is 0 Å². The highest BCUT2D eigenvalue weighted by atomic mass is 16.2. The highest BCUT2D eigenvalue weighted by molar-refractivity contribution is 5.78. The number of carbonyl (C=O) groups is 1. The first-order valence-electron chi connectivity index (χ1n) is 10.3. The molecule has 1 aromatic rings. The molecule has 2 heterocycles. The fraction of sp³-hybridized carbons (Fsp3) is 0.682. The summed E-state index contributed by atoms with van der Waals surface area (Å²) >= 11 is 0. The Morgan fingerprint density at radius 3 is 2.56 bits per heavy atom. The zero-order valence-corrected chi connectivity index (χ0v) is 15.2.